The summed E-state index contributed by atoms with van der Waals surface area (Å²) in [5, 5.41) is 5.83. The first-order chi connectivity index (χ1) is 11.0. The topological polar surface area (TPSA) is 87.7 Å². The fourth-order valence-electron chi connectivity index (χ4n) is 2.27. The molecule has 2 unspecified atom stereocenters. The molecular formula is C16H29N3O4. The van der Waals surface area contributed by atoms with Gasteiger partial charge in [0.15, 0.2) is 0 Å². The van der Waals surface area contributed by atoms with Crippen LogP contribution in [-0.4, -0.2) is 61.0 Å². The Labute approximate surface area is 138 Å². The molecule has 2 amide bonds. The van der Waals surface area contributed by atoms with E-state index in [1.807, 2.05) is 20.8 Å². The summed E-state index contributed by atoms with van der Waals surface area (Å²) in [7, 11) is 0. The highest BCUT2D eigenvalue weighted by Gasteiger charge is 2.34. The van der Waals surface area contributed by atoms with Gasteiger partial charge in [-0.25, -0.2) is 0 Å². The van der Waals surface area contributed by atoms with Gasteiger partial charge in [-0.05, 0) is 19.8 Å². The molecule has 132 valence electrons. The monoisotopic (exact) mass is 327 g/mol. The van der Waals surface area contributed by atoms with Gasteiger partial charge in [0.05, 0.1) is 19.6 Å². The van der Waals surface area contributed by atoms with Crippen molar-refractivity contribution in [1.29, 1.82) is 0 Å². The van der Waals surface area contributed by atoms with E-state index < -0.39 is 12.0 Å². The van der Waals surface area contributed by atoms with Gasteiger partial charge in [0.1, 0.15) is 6.04 Å². The average molecular weight is 327 g/mol. The molecule has 1 heterocycles. The first-order valence-corrected chi connectivity index (χ1v) is 8.45. The van der Waals surface area contributed by atoms with Crippen molar-refractivity contribution < 1.29 is 19.1 Å². The highest BCUT2D eigenvalue weighted by atomic mass is 16.5. The second-order valence-corrected chi connectivity index (χ2v) is 5.86. The van der Waals surface area contributed by atoms with Gasteiger partial charge >= 0.3 is 5.97 Å². The lowest BCUT2D eigenvalue weighted by Gasteiger charge is -2.34. The Hall–Kier alpha value is -1.63. The standard InChI is InChI=1S/C16H29N3O4/c1-4-6-9-23-15(21)10-13-16(22)17-7-8-19(13)14(20)11-18-12(3)5-2/h12-13,18H,4-11H2,1-3H3,(H,17,22). The van der Waals surface area contributed by atoms with Crippen LogP contribution >= 0.6 is 0 Å². The Morgan fingerprint density at radius 3 is 2.83 bits per heavy atom. The molecule has 0 spiro atoms. The molecule has 0 radical (unpaired) electrons. The van der Waals surface area contributed by atoms with E-state index >= 15 is 0 Å². The van der Waals surface area contributed by atoms with Crippen LogP contribution in [0.1, 0.15) is 46.5 Å². The van der Waals surface area contributed by atoms with E-state index in [0.717, 1.165) is 19.3 Å². The number of carbonyl (C=O) groups excluding carboxylic acids is 3. The molecular weight excluding hydrogens is 298 g/mol. The first-order valence-electron chi connectivity index (χ1n) is 8.45. The molecule has 7 nitrogen and oxygen atoms in total. The Kier molecular flexibility index (Phi) is 8.61. The molecule has 0 bridgehead atoms. The van der Waals surface area contributed by atoms with Crippen molar-refractivity contribution in [1.82, 2.24) is 15.5 Å². The zero-order valence-electron chi connectivity index (χ0n) is 14.4. The molecule has 7 heteroatoms. The quantitative estimate of drug-likeness (QED) is 0.474. The number of esters is 1. The van der Waals surface area contributed by atoms with Crippen LogP contribution in [0.2, 0.25) is 0 Å². The zero-order chi connectivity index (χ0) is 17.2. The number of hydrogen-bond acceptors (Lipinski definition) is 5. The van der Waals surface area contributed by atoms with E-state index in [-0.39, 0.29) is 30.8 Å². The summed E-state index contributed by atoms with van der Waals surface area (Å²) in [5.74, 6) is -0.889. The molecule has 1 aliphatic rings. The van der Waals surface area contributed by atoms with Gasteiger partial charge < -0.3 is 20.3 Å². The van der Waals surface area contributed by atoms with E-state index in [1.54, 1.807) is 0 Å². The number of amides is 2. The number of rotatable bonds is 9. The molecule has 0 aromatic heterocycles. The number of hydrogen-bond donors (Lipinski definition) is 2. The van der Waals surface area contributed by atoms with Gasteiger partial charge in [0.25, 0.3) is 0 Å². The molecule has 0 aromatic carbocycles. The predicted octanol–water partition coefficient (Wildman–Crippen LogP) is 0.435. The molecule has 23 heavy (non-hydrogen) atoms. The Morgan fingerprint density at radius 2 is 2.17 bits per heavy atom. The van der Waals surface area contributed by atoms with Gasteiger partial charge in [-0.2, -0.15) is 0 Å². The highest BCUT2D eigenvalue weighted by Crippen LogP contribution is 2.10. The maximum absolute atomic E-state index is 12.3. The SMILES string of the molecule is CCCCOC(=O)CC1C(=O)NCCN1C(=O)CNC(C)CC. The first kappa shape index (κ1) is 19.4. The van der Waals surface area contributed by atoms with Gasteiger partial charge in [-0.15, -0.1) is 0 Å². The largest absolute Gasteiger partial charge is 0.466 e. The summed E-state index contributed by atoms with van der Waals surface area (Å²) in [4.78, 5) is 37.7. The van der Waals surface area contributed by atoms with E-state index in [9.17, 15) is 14.4 Å². The maximum atomic E-state index is 12.3. The Balaban J connectivity index is 2.58. The van der Waals surface area contributed by atoms with Crippen LogP contribution in [0.3, 0.4) is 0 Å². The smallest absolute Gasteiger partial charge is 0.308 e. The molecule has 0 aliphatic carbocycles. The van der Waals surface area contributed by atoms with Crippen molar-refractivity contribution in [2.24, 2.45) is 0 Å². The number of carbonyl (C=O) groups is 3. The Bertz CT molecular complexity index is 414. The summed E-state index contributed by atoms with van der Waals surface area (Å²) in [5.41, 5.74) is 0. The lowest BCUT2D eigenvalue weighted by atomic mass is 10.1. The van der Waals surface area contributed by atoms with Crippen LogP contribution in [0.4, 0.5) is 0 Å². The molecule has 2 atom stereocenters. The number of nitrogens with zero attached hydrogens (tertiary/aromatic N) is 1. The van der Waals surface area contributed by atoms with E-state index in [4.69, 9.17) is 4.74 Å². The Morgan fingerprint density at radius 1 is 1.43 bits per heavy atom. The molecule has 2 N–H and O–H groups in total. The van der Waals surface area contributed by atoms with Crippen molar-refractivity contribution >= 4 is 17.8 Å². The molecule has 1 aliphatic heterocycles. The summed E-state index contributed by atoms with van der Waals surface area (Å²) in [6, 6.07) is -0.542. The molecule has 1 rings (SSSR count). The van der Waals surface area contributed by atoms with Gasteiger partial charge in [0, 0.05) is 19.1 Å². The van der Waals surface area contributed by atoms with Gasteiger partial charge in [0.2, 0.25) is 11.8 Å². The molecule has 1 saturated heterocycles. The number of ether oxygens (including phenoxy) is 1. The van der Waals surface area contributed by atoms with Crippen molar-refractivity contribution in [3.63, 3.8) is 0 Å². The number of nitrogens with one attached hydrogen (secondary N) is 2. The summed E-state index contributed by atoms with van der Waals surface area (Å²) in [6.45, 7) is 7.39. The third kappa shape index (κ3) is 6.56. The van der Waals surface area contributed by atoms with Crippen LogP contribution in [0.5, 0.6) is 0 Å². The molecule has 1 fully saturated rings. The van der Waals surface area contributed by atoms with Crippen molar-refractivity contribution in [2.45, 2.75) is 58.5 Å². The summed E-state index contributed by atoms with van der Waals surface area (Å²) >= 11 is 0. The minimum atomic E-state index is -0.774. The van der Waals surface area contributed by atoms with Crippen LogP contribution < -0.4 is 10.6 Å². The van der Waals surface area contributed by atoms with E-state index in [0.29, 0.717) is 19.7 Å². The third-order valence-electron chi connectivity index (χ3n) is 3.99. The minimum absolute atomic E-state index is 0.0926. The zero-order valence-corrected chi connectivity index (χ0v) is 14.4. The normalized spacial score (nSPS) is 19.2. The average Bonchev–Trinajstić information content (AvgIpc) is 2.54. The highest BCUT2D eigenvalue weighted by molar-refractivity contribution is 5.92. The van der Waals surface area contributed by atoms with Crippen molar-refractivity contribution in [2.75, 3.05) is 26.2 Å². The predicted molar refractivity (Wildman–Crippen MR) is 86.8 cm³/mol. The summed E-state index contributed by atoms with van der Waals surface area (Å²) < 4.78 is 5.10. The van der Waals surface area contributed by atoms with Gasteiger partial charge in [-0.1, -0.05) is 20.3 Å². The number of piperazine rings is 1. The summed E-state index contributed by atoms with van der Waals surface area (Å²) in [6.07, 6.45) is 2.55. The van der Waals surface area contributed by atoms with Crippen LogP contribution in [0.15, 0.2) is 0 Å². The second-order valence-electron chi connectivity index (χ2n) is 5.86. The minimum Gasteiger partial charge on any atom is -0.466 e. The van der Waals surface area contributed by atoms with Gasteiger partial charge in [-0.3, -0.25) is 14.4 Å². The number of unbranched alkanes of at least 4 members (excludes halogenated alkanes) is 1. The lowest BCUT2D eigenvalue weighted by molar-refractivity contribution is -0.151. The van der Waals surface area contributed by atoms with Crippen LogP contribution in [0.25, 0.3) is 0 Å². The maximum Gasteiger partial charge on any atom is 0.308 e. The fourth-order valence-corrected chi connectivity index (χ4v) is 2.27. The van der Waals surface area contributed by atoms with E-state index in [2.05, 4.69) is 10.6 Å². The van der Waals surface area contributed by atoms with Crippen molar-refractivity contribution in [3.8, 4) is 0 Å². The van der Waals surface area contributed by atoms with E-state index in [1.165, 1.54) is 4.90 Å². The second kappa shape index (κ2) is 10.2. The fraction of sp³-hybridized carbons (Fsp3) is 0.812. The molecule has 0 saturated carbocycles. The van der Waals surface area contributed by atoms with Crippen molar-refractivity contribution in [3.05, 3.63) is 0 Å². The lowest BCUT2D eigenvalue weighted by Crippen LogP contribution is -2.59. The third-order valence-corrected chi connectivity index (χ3v) is 3.99. The van der Waals surface area contributed by atoms with Crippen LogP contribution in [-0.2, 0) is 19.1 Å². The van der Waals surface area contributed by atoms with Crippen LogP contribution in [0, 0.1) is 0 Å². The molecule has 0 aromatic rings.